The summed E-state index contributed by atoms with van der Waals surface area (Å²) in [6.45, 7) is 2.97. The molecule has 0 saturated carbocycles. The Kier molecular flexibility index (Phi) is 2.46. The molecule has 0 aromatic carbocycles. The third-order valence-corrected chi connectivity index (χ3v) is 1.62. The highest BCUT2D eigenvalue weighted by atomic mass is 16.4. The Bertz CT molecular complexity index is 395. The van der Waals surface area contributed by atoms with Crippen LogP contribution in [0.4, 0.5) is 0 Å². The lowest BCUT2D eigenvalue weighted by Gasteiger charge is -2.05. The Balaban J connectivity index is 3.21. The molecule has 0 fully saturated rings. The second kappa shape index (κ2) is 3.38. The Hall–Kier alpha value is -1.65. The number of carbonyl (C=O) groups is 1. The van der Waals surface area contributed by atoms with E-state index in [-0.39, 0.29) is 12.1 Å². The van der Waals surface area contributed by atoms with Gasteiger partial charge in [-0.2, -0.15) is 0 Å². The van der Waals surface area contributed by atoms with E-state index in [0.29, 0.717) is 11.5 Å². The van der Waals surface area contributed by atoms with Crippen LogP contribution in [0, 0.1) is 13.8 Å². The quantitative estimate of drug-likeness (QED) is 0.695. The Labute approximate surface area is 74.7 Å². The monoisotopic (exact) mass is 182 g/mol. The number of nitrogens with zero attached hydrogens (tertiary/aromatic N) is 2. The SMILES string of the molecule is Cc1cc(=O)n(CC(=O)O)c(C)n1. The first-order chi connectivity index (χ1) is 6.00. The van der Waals surface area contributed by atoms with Crippen molar-refractivity contribution < 1.29 is 9.90 Å². The van der Waals surface area contributed by atoms with Crippen LogP contribution in [0.2, 0.25) is 0 Å². The molecular weight excluding hydrogens is 172 g/mol. The molecule has 0 atom stereocenters. The van der Waals surface area contributed by atoms with Crippen LogP contribution in [0.1, 0.15) is 11.5 Å². The average Bonchev–Trinajstić information content (AvgIpc) is 1.96. The zero-order valence-electron chi connectivity index (χ0n) is 7.44. The highest BCUT2D eigenvalue weighted by molar-refractivity contribution is 5.66. The molecule has 0 amide bonds. The fraction of sp³-hybridized carbons (Fsp3) is 0.375. The minimum absolute atomic E-state index is 0.326. The van der Waals surface area contributed by atoms with Crippen molar-refractivity contribution in [1.82, 2.24) is 9.55 Å². The molecule has 0 spiro atoms. The smallest absolute Gasteiger partial charge is 0.323 e. The molecule has 0 aliphatic heterocycles. The maximum atomic E-state index is 11.3. The van der Waals surface area contributed by atoms with Gasteiger partial charge in [-0.3, -0.25) is 14.2 Å². The van der Waals surface area contributed by atoms with Crippen LogP contribution in [0.3, 0.4) is 0 Å². The van der Waals surface area contributed by atoms with Crippen LogP contribution in [-0.2, 0) is 11.3 Å². The Morgan fingerprint density at radius 3 is 2.69 bits per heavy atom. The minimum atomic E-state index is -1.05. The van der Waals surface area contributed by atoms with Gasteiger partial charge in [0.15, 0.2) is 0 Å². The van der Waals surface area contributed by atoms with E-state index in [1.54, 1.807) is 13.8 Å². The van der Waals surface area contributed by atoms with Crippen LogP contribution in [-0.4, -0.2) is 20.6 Å². The number of carboxylic acid groups (broad SMARTS) is 1. The topological polar surface area (TPSA) is 72.2 Å². The summed E-state index contributed by atoms with van der Waals surface area (Å²) in [7, 11) is 0. The highest BCUT2D eigenvalue weighted by Gasteiger charge is 2.05. The van der Waals surface area contributed by atoms with E-state index in [4.69, 9.17) is 5.11 Å². The van der Waals surface area contributed by atoms with Gasteiger partial charge in [0.1, 0.15) is 12.4 Å². The van der Waals surface area contributed by atoms with Crippen molar-refractivity contribution in [2.24, 2.45) is 0 Å². The van der Waals surface area contributed by atoms with Crippen molar-refractivity contribution in [2.45, 2.75) is 20.4 Å². The van der Waals surface area contributed by atoms with Gasteiger partial charge in [0, 0.05) is 11.8 Å². The molecule has 5 nitrogen and oxygen atoms in total. The van der Waals surface area contributed by atoms with Crippen molar-refractivity contribution in [3.8, 4) is 0 Å². The van der Waals surface area contributed by atoms with Crippen LogP contribution in [0.5, 0.6) is 0 Å². The van der Waals surface area contributed by atoms with Crippen LogP contribution >= 0.6 is 0 Å². The summed E-state index contributed by atoms with van der Waals surface area (Å²) >= 11 is 0. The zero-order valence-corrected chi connectivity index (χ0v) is 7.44. The number of aromatic nitrogens is 2. The molecule has 70 valence electrons. The molecule has 1 rings (SSSR count). The van der Waals surface area contributed by atoms with Gasteiger partial charge in [0.25, 0.3) is 5.56 Å². The van der Waals surface area contributed by atoms with Crippen molar-refractivity contribution in [2.75, 3.05) is 0 Å². The molecule has 0 unspecified atom stereocenters. The molecular formula is C8H10N2O3. The van der Waals surface area contributed by atoms with Gasteiger partial charge in [0.05, 0.1) is 0 Å². The molecule has 1 aromatic rings. The van der Waals surface area contributed by atoms with E-state index >= 15 is 0 Å². The van der Waals surface area contributed by atoms with E-state index in [2.05, 4.69) is 4.98 Å². The zero-order chi connectivity index (χ0) is 10.0. The Morgan fingerprint density at radius 1 is 1.62 bits per heavy atom. The van der Waals surface area contributed by atoms with E-state index in [0.717, 1.165) is 4.57 Å². The normalized spacial score (nSPS) is 10.0. The summed E-state index contributed by atoms with van der Waals surface area (Å²) in [4.78, 5) is 25.6. The van der Waals surface area contributed by atoms with Crippen LogP contribution in [0.15, 0.2) is 10.9 Å². The largest absolute Gasteiger partial charge is 0.480 e. The highest BCUT2D eigenvalue weighted by Crippen LogP contribution is 1.92. The van der Waals surface area contributed by atoms with Crippen molar-refractivity contribution >= 4 is 5.97 Å². The standard InChI is InChI=1S/C8H10N2O3/c1-5-3-7(11)10(4-8(12)13)6(2)9-5/h3H,4H2,1-2H3,(H,12,13). The van der Waals surface area contributed by atoms with E-state index in [1.807, 2.05) is 0 Å². The minimum Gasteiger partial charge on any atom is -0.480 e. The lowest BCUT2D eigenvalue weighted by molar-refractivity contribution is -0.137. The maximum Gasteiger partial charge on any atom is 0.323 e. The second-order valence-corrected chi connectivity index (χ2v) is 2.76. The molecule has 0 radical (unpaired) electrons. The number of hydrogen-bond acceptors (Lipinski definition) is 3. The maximum absolute atomic E-state index is 11.3. The van der Waals surface area contributed by atoms with E-state index < -0.39 is 5.97 Å². The molecule has 0 bridgehead atoms. The first-order valence-corrected chi connectivity index (χ1v) is 3.77. The van der Waals surface area contributed by atoms with Gasteiger partial charge in [-0.15, -0.1) is 0 Å². The van der Waals surface area contributed by atoms with Crippen molar-refractivity contribution in [3.05, 3.63) is 27.9 Å². The fourth-order valence-electron chi connectivity index (χ4n) is 1.09. The predicted octanol–water partition coefficient (Wildman–Crippen LogP) is -0.0553. The fourth-order valence-corrected chi connectivity index (χ4v) is 1.09. The number of carboxylic acids is 1. The van der Waals surface area contributed by atoms with Crippen LogP contribution in [0.25, 0.3) is 0 Å². The molecule has 0 saturated heterocycles. The third-order valence-electron chi connectivity index (χ3n) is 1.62. The molecule has 5 heteroatoms. The van der Waals surface area contributed by atoms with Crippen LogP contribution < -0.4 is 5.56 Å². The summed E-state index contributed by atoms with van der Waals surface area (Å²) in [6.07, 6.45) is 0. The summed E-state index contributed by atoms with van der Waals surface area (Å²) in [5.74, 6) is -0.622. The second-order valence-electron chi connectivity index (χ2n) is 2.76. The van der Waals surface area contributed by atoms with Gasteiger partial charge in [-0.25, -0.2) is 4.98 Å². The Morgan fingerprint density at radius 2 is 2.23 bits per heavy atom. The van der Waals surface area contributed by atoms with Crippen molar-refractivity contribution in [3.63, 3.8) is 0 Å². The van der Waals surface area contributed by atoms with Gasteiger partial charge < -0.3 is 5.11 Å². The lowest BCUT2D eigenvalue weighted by Crippen LogP contribution is -2.26. The summed E-state index contributed by atoms with van der Waals surface area (Å²) in [5.41, 5.74) is 0.275. The van der Waals surface area contributed by atoms with Gasteiger partial charge >= 0.3 is 5.97 Å². The third kappa shape index (κ3) is 2.14. The average molecular weight is 182 g/mol. The van der Waals surface area contributed by atoms with Gasteiger partial charge in [-0.1, -0.05) is 0 Å². The molecule has 13 heavy (non-hydrogen) atoms. The predicted molar refractivity (Wildman–Crippen MR) is 45.6 cm³/mol. The number of rotatable bonds is 2. The van der Waals surface area contributed by atoms with Crippen molar-refractivity contribution in [1.29, 1.82) is 0 Å². The molecule has 1 aromatic heterocycles. The van der Waals surface area contributed by atoms with E-state index in [1.165, 1.54) is 6.07 Å². The number of hydrogen-bond donors (Lipinski definition) is 1. The van der Waals surface area contributed by atoms with Gasteiger partial charge in [0.2, 0.25) is 0 Å². The molecule has 0 aliphatic rings. The summed E-state index contributed by atoms with van der Waals surface area (Å²) in [5, 5.41) is 8.50. The number of aryl methyl sites for hydroxylation is 2. The molecule has 1 N–H and O–H groups in total. The number of aliphatic carboxylic acids is 1. The van der Waals surface area contributed by atoms with Gasteiger partial charge in [-0.05, 0) is 13.8 Å². The lowest BCUT2D eigenvalue weighted by atomic mass is 10.4. The first-order valence-electron chi connectivity index (χ1n) is 3.77. The summed E-state index contributed by atoms with van der Waals surface area (Å²) in [6, 6.07) is 1.32. The van der Waals surface area contributed by atoms with E-state index in [9.17, 15) is 9.59 Å². The first kappa shape index (κ1) is 9.44. The molecule has 0 aliphatic carbocycles. The molecule has 1 heterocycles. The summed E-state index contributed by atoms with van der Waals surface area (Å²) < 4.78 is 1.12.